The Balaban J connectivity index is 2.78. The van der Waals surface area contributed by atoms with Gasteiger partial charge in [-0.3, -0.25) is 4.79 Å². The van der Waals surface area contributed by atoms with Crippen LogP contribution in [-0.2, 0) is 12.6 Å². The molecule has 13 heavy (non-hydrogen) atoms. The summed E-state index contributed by atoms with van der Waals surface area (Å²) >= 11 is 0. The zero-order chi connectivity index (χ0) is 9.64. The molecule has 2 rings (SSSR count). The van der Waals surface area contributed by atoms with Gasteiger partial charge in [-0.15, -0.1) is 5.11 Å². The molecule has 0 bridgehead atoms. The van der Waals surface area contributed by atoms with E-state index in [9.17, 15) is 4.79 Å². The molecule has 0 amide bonds. The summed E-state index contributed by atoms with van der Waals surface area (Å²) in [5.41, 5.74) is 0.625. The molecule has 5 nitrogen and oxygen atoms in total. The maximum Gasteiger partial charge on any atom is 0.294 e. The topological polar surface area (TPSA) is 59.6 Å². The third-order valence-corrected chi connectivity index (χ3v) is 2.17. The maximum absolute atomic E-state index is 11.5. The quantitative estimate of drug-likeness (QED) is 0.597. The van der Waals surface area contributed by atoms with E-state index < -0.39 is 5.54 Å². The summed E-state index contributed by atoms with van der Waals surface area (Å²) in [5.74, 6) is 0. The molecular weight excluding hydrogens is 168 g/mol. The number of rotatable bonds is 0. The van der Waals surface area contributed by atoms with E-state index in [4.69, 9.17) is 0 Å². The van der Waals surface area contributed by atoms with Gasteiger partial charge in [-0.05, 0) is 13.8 Å². The third kappa shape index (κ3) is 0.998. The summed E-state index contributed by atoms with van der Waals surface area (Å²) < 4.78 is 1.26. The van der Waals surface area contributed by atoms with Crippen LogP contribution >= 0.6 is 0 Å². The molecule has 0 radical (unpaired) electrons. The summed E-state index contributed by atoms with van der Waals surface area (Å²) in [6.07, 6.45) is 1.65. The first kappa shape index (κ1) is 8.10. The van der Waals surface area contributed by atoms with E-state index in [1.54, 1.807) is 13.2 Å². The zero-order valence-corrected chi connectivity index (χ0v) is 7.77. The third-order valence-electron chi connectivity index (χ3n) is 2.17. The fourth-order valence-corrected chi connectivity index (χ4v) is 1.30. The lowest BCUT2D eigenvalue weighted by Crippen LogP contribution is -2.22. The van der Waals surface area contributed by atoms with E-state index in [-0.39, 0.29) is 5.56 Å². The number of hydrogen-bond acceptors (Lipinski definition) is 4. The second kappa shape index (κ2) is 2.25. The van der Waals surface area contributed by atoms with Crippen molar-refractivity contribution < 1.29 is 0 Å². The highest BCUT2D eigenvalue weighted by Gasteiger charge is 2.31. The second-order valence-electron chi connectivity index (χ2n) is 3.59. The van der Waals surface area contributed by atoms with Crippen LogP contribution in [0, 0.1) is 0 Å². The lowest BCUT2D eigenvalue weighted by atomic mass is 9.98. The molecular formula is C8H10N4O. The van der Waals surface area contributed by atoms with E-state index in [0.717, 1.165) is 5.56 Å². The molecule has 0 aliphatic carbocycles. The SMILES string of the molecule is Cn1ncc2c(c1=O)N=NC2(C)C. The maximum atomic E-state index is 11.5. The van der Waals surface area contributed by atoms with Crippen LogP contribution in [-0.4, -0.2) is 9.78 Å². The van der Waals surface area contributed by atoms with E-state index >= 15 is 0 Å². The molecule has 0 N–H and O–H groups in total. The predicted octanol–water partition coefficient (Wildman–Crippen LogP) is 1.11. The summed E-state index contributed by atoms with van der Waals surface area (Å²) in [6, 6.07) is 0. The zero-order valence-electron chi connectivity index (χ0n) is 7.77. The van der Waals surface area contributed by atoms with Crippen LogP contribution in [0.15, 0.2) is 21.2 Å². The van der Waals surface area contributed by atoms with Gasteiger partial charge in [-0.2, -0.15) is 10.2 Å². The molecule has 0 saturated carbocycles. The van der Waals surface area contributed by atoms with Crippen molar-refractivity contribution in [1.82, 2.24) is 9.78 Å². The van der Waals surface area contributed by atoms with Crippen LogP contribution in [0.4, 0.5) is 5.69 Å². The lowest BCUT2D eigenvalue weighted by Gasteiger charge is -2.12. The molecule has 1 aromatic rings. The van der Waals surface area contributed by atoms with Crippen LogP contribution in [0.5, 0.6) is 0 Å². The number of fused-ring (bicyclic) bond motifs is 1. The smallest absolute Gasteiger partial charge is 0.265 e. The van der Waals surface area contributed by atoms with Crippen LogP contribution in [0.2, 0.25) is 0 Å². The minimum absolute atomic E-state index is 0.188. The minimum Gasteiger partial charge on any atom is -0.265 e. The van der Waals surface area contributed by atoms with Crippen molar-refractivity contribution in [3.63, 3.8) is 0 Å². The van der Waals surface area contributed by atoms with E-state index in [1.807, 2.05) is 13.8 Å². The number of nitrogens with zero attached hydrogens (tertiary/aromatic N) is 4. The Labute approximate surface area is 75.1 Å². The fraction of sp³-hybridized carbons (Fsp3) is 0.500. The highest BCUT2D eigenvalue weighted by atomic mass is 16.1. The van der Waals surface area contributed by atoms with E-state index in [1.165, 1.54) is 4.68 Å². The van der Waals surface area contributed by atoms with Crippen molar-refractivity contribution in [3.8, 4) is 0 Å². The summed E-state index contributed by atoms with van der Waals surface area (Å²) in [5, 5.41) is 11.8. The molecule has 1 aromatic heterocycles. The van der Waals surface area contributed by atoms with Crippen molar-refractivity contribution in [2.75, 3.05) is 0 Å². The van der Waals surface area contributed by atoms with Gasteiger partial charge in [-0.25, -0.2) is 4.68 Å². The molecule has 5 heteroatoms. The molecule has 0 aromatic carbocycles. The van der Waals surface area contributed by atoms with E-state index in [2.05, 4.69) is 15.3 Å². The molecule has 0 fully saturated rings. The fourth-order valence-electron chi connectivity index (χ4n) is 1.30. The van der Waals surface area contributed by atoms with Gasteiger partial charge in [0.05, 0.1) is 6.20 Å². The van der Waals surface area contributed by atoms with Crippen molar-refractivity contribution in [3.05, 3.63) is 22.1 Å². The van der Waals surface area contributed by atoms with Gasteiger partial charge in [0.2, 0.25) is 0 Å². The Bertz CT molecular complexity index is 444. The van der Waals surface area contributed by atoms with E-state index in [0.29, 0.717) is 5.69 Å². The van der Waals surface area contributed by atoms with Crippen LogP contribution in [0.1, 0.15) is 19.4 Å². The Kier molecular flexibility index (Phi) is 1.40. The average Bonchev–Trinajstić information content (AvgIpc) is 2.35. The molecule has 0 unspecified atom stereocenters. The highest BCUT2D eigenvalue weighted by molar-refractivity contribution is 5.48. The van der Waals surface area contributed by atoms with Gasteiger partial charge in [0.25, 0.3) is 5.56 Å². The second-order valence-corrected chi connectivity index (χ2v) is 3.59. The Morgan fingerprint density at radius 3 is 2.85 bits per heavy atom. The first-order chi connectivity index (χ1) is 6.02. The summed E-state index contributed by atoms with van der Waals surface area (Å²) in [6.45, 7) is 3.81. The van der Waals surface area contributed by atoms with Crippen LogP contribution in [0.3, 0.4) is 0 Å². The molecule has 1 aliphatic rings. The molecule has 68 valence electrons. The highest BCUT2D eigenvalue weighted by Crippen LogP contribution is 2.36. The number of azo groups is 1. The average molecular weight is 178 g/mol. The first-order valence-corrected chi connectivity index (χ1v) is 4.02. The number of hydrogen-bond donors (Lipinski definition) is 0. The molecule has 1 aliphatic heterocycles. The van der Waals surface area contributed by atoms with Crippen molar-refractivity contribution in [2.24, 2.45) is 17.3 Å². The van der Waals surface area contributed by atoms with Gasteiger partial charge in [-0.1, -0.05) is 0 Å². The number of aryl methyl sites for hydroxylation is 1. The molecule has 0 spiro atoms. The lowest BCUT2D eigenvalue weighted by molar-refractivity contribution is 0.549. The standard InChI is InChI=1S/C8H10N4O/c1-8(2)5-4-9-12(3)7(13)6(5)10-11-8/h4H,1-3H3. The molecule has 0 atom stereocenters. The number of aromatic nitrogens is 2. The van der Waals surface area contributed by atoms with Crippen molar-refractivity contribution >= 4 is 5.69 Å². The largest absolute Gasteiger partial charge is 0.294 e. The normalized spacial score (nSPS) is 17.5. The van der Waals surface area contributed by atoms with Crippen LogP contribution < -0.4 is 5.56 Å². The predicted molar refractivity (Wildman–Crippen MR) is 47.0 cm³/mol. The van der Waals surface area contributed by atoms with Crippen LogP contribution in [0.25, 0.3) is 0 Å². The molecule has 0 saturated heterocycles. The Hall–Kier alpha value is -1.52. The minimum atomic E-state index is -0.407. The Morgan fingerprint density at radius 2 is 2.15 bits per heavy atom. The van der Waals surface area contributed by atoms with Gasteiger partial charge >= 0.3 is 0 Å². The summed E-state index contributed by atoms with van der Waals surface area (Å²) in [7, 11) is 1.60. The van der Waals surface area contributed by atoms with Gasteiger partial charge in [0, 0.05) is 12.6 Å². The van der Waals surface area contributed by atoms with Crippen molar-refractivity contribution in [1.29, 1.82) is 0 Å². The van der Waals surface area contributed by atoms with Crippen molar-refractivity contribution in [2.45, 2.75) is 19.4 Å². The van der Waals surface area contributed by atoms with Gasteiger partial charge < -0.3 is 0 Å². The monoisotopic (exact) mass is 178 g/mol. The summed E-state index contributed by atoms with van der Waals surface area (Å²) in [4.78, 5) is 11.5. The molecule has 2 heterocycles. The first-order valence-electron chi connectivity index (χ1n) is 4.02. The Morgan fingerprint density at radius 1 is 1.46 bits per heavy atom. The van der Waals surface area contributed by atoms with Gasteiger partial charge in [0.1, 0.15) is 5.54 Å². The van der Waals surface area contributed by atoms with Gasteiger partial charge in [0.15, 0.2) is 5.69 Å².